The highest BCUT2D eigenvalue weighted by molar-refractivity contribution is 6.02. The normalized spacial score (nSPS) is 21.0. The van der Waals surface area contributed by atoms with Crippen molar-refractivity contribution < 1.29 is 22.7 Å². The summed E-state index contributed by atoms with van der Waals surface area (Å²) in [5.41, 5.74) is 1.96. The zero-order valence-corrected chi connectivity index (χ0v) is 16.8. The Morgan fingerprint density at radius 1 is 1.10 bits per heavy atom. The molecule has 0 aliphatic heterocycles. The molecule has 4 nitrogen and oxygen atoms in total. The van der Waals surface area contributed by atoms with Gasteiger partial charge < -0.3 is 15.0 Å². The highest BCUT2D eigenvalue weighted by Gasteiger charge is 2.34. The molecule has 0 saturated heterocycles. The van der Waals surface area contributed by atoms with Crippen LogP contribution in [0.15, 0.2) is 48.7 Å². The van der Waals surface area contributed by atoms with Crippen molar-refractivity contribution in [3.05, 3.63) is 59.8 Å². The smallest absolute Gasteiger partial charge is 0.416 e. The topological polar surface area (TPSA) is 54.1 Å². The molecule has 7 heteroatoms. The standard InChI is InChI=1S/C24H23F3N2O2/c25-24(26,27)17-5-3-15(4-6-17)16-10-19(11-16)31-18-7-8-21-20(12-18)22(13-28-21)29-23(30)9-14-1-2-14/h3-8,12-14,16,19,28H,1-2,9-11H2,(H,29,30). The Kier molecular flexibility index (Phi) is 4.91. The van der Waals surface area contributed by atoms with Crippen LogP contribution in [0.5, 0.6) is 5.75 Å². The molecule has 162 valence electrons. The minimum atomic E-state index is -4.31. The summed E-state index contributed by atoms with van der Waals surface area (Å²) in [6.07, 6.45) is 1.87. The summed E-state index contributed by atoms with van der Waals surface area (Å²) in [7, 11) is 0. The number of hydrogen-bond acceptors (Lipinski definition) is 2. The number of aromatic nitrogens is 1. The van der Waals surface area contributed by atoms with E-state index >= 15 is 0 Å². The summed E-state index contributed by atoms with van der Waals surface area (Å²) < 4.78 is 44.2. The number of benzene rings is 2. The summed E-state index contributed by atoms with van der Waals surface area (Å²) in [4.78, 5) is 15.3. The first-order valence-corrected chi connectivity index (χ1v) is 10.6. The van der Waals surface area contributed by atoms with Crippen molar-refractivity contribution in [2.24, 2.45) is 5.92 Å². The van der Waals surface area contributed by atoms with E-state index in [0.717, 1.165) is 65.7 Å². The fraction of sp³-hybridized carbons (Fsp3) is 0.375. The third-order valence-electron chi connectivity index (χ3n) is 6.21. The first-order chi connectivity index (χ1) is 14.8. The van der Waals surface area contributed by atoms with Gasteiger partial charge in [0, 0.05) is 23.5 Å². The molecule has 31 heavy (non-hydrogen) atoms. The second kappa shape index (κ2) is 7.62. The Hall–Kier alpha value is -2.96. The summed E-state index contributed by atoms with van der Waals surface area (Å²) >= 11 is 0. The van der Waals surface area contributed by atoms with Crippen molar-refractivity contribution in [3.8, 4) is 5.75 Å². The molecule has 2 fully saturated rings. The zero-order valence-electron chi connectivity index (χ0n) is 16.8. The van der Waals surface area contributed by atoms with Crippen molar-refractivity contribution in [2.45, 2.75) is 50.3 Å². The zero-order chi connectivity index (χ0) is 21.6. The summed E-state index contributed by atoms with van der Waals surface area (Å²) in [6.45, 7) is 0. The molecule has 0 unspecified atom stereocenters. The van der Waals surface area contributed by atoms with Gasteiger partial charge in [-0.3, -0.25) is 4.79 Å². The quantitative estimate of drug-likeness (QED) is 0.488. The van der Waals surface area contributed by atoms with Crippen molar-refractivity contribution in [2.75, 3.05) is 5.32 Å². The Bertz CT molecular complexity index is 1090. The van der Waals surface area contributed by atoms with Crippen molar-refractivity contribution in [3.63, 3.8) is 0 Å². The van der Waals surface area contributed by atoms with Gasteiger partial charge in [0.25, 0.3) is 0 Å². The van der Waals surface area contributed by atoms with E-state index in [1.54, 1.807) is 18.3 Å². The number of aromatic amines is 1. The lowest BCUT2D eigenvalue weighted by molar-refractivity contribution is -0.137. The molecule has 2 N–H and O–H groups in total. The lowest BCUT2D eigenvalue weighted by atomic mass is 9.77. The second-order valence-electron chi connectivity index (χ2n) is 8.63. The van der Waals surface area contributed by atoms with Gasteiger partial charge >= 0.3 is 6.18 Å². The van der Waals surface area contributed by atoms with Crippen LogP contribution < -0.4 is 10.1 Å². The van der Waals surface area contributed by atoms with Gasteiger partial charge in [-0.25, -0.2) is 0 Å². The first-order valence-electron chi connectivity index (χ1n) is 10.6. The van der Waals surface area contributed by atoms with E-state index in [1.807, 2.05) is 18.2 Å². The third-order valence-corrected chi connectivity index (χ3v) is 6.21. The summed E-state index contributed by atoms with van der Waals surface area (Å²) in [5, 5.41) is 3.89. The van der Waals surface area contributed by atoms with Crippen LogP contribution in [0.25, 0.3) is 10.9 Å². The Labute approximate surface area is 177 Å². The van der Waals surface area contributed by atoms with Gasteiger partial charge in [-0.2, -0.15) is 13.2 Å². The van der Waals surface area contributed by atoms with Crippen LogP contribution in [-0.2, 0) is 11.0 Å². The van der Waals surface area contributed by atoms with Gasteiger partial charge in [-0.05, 0) is 73.4 Å². The average Bonchev–Trinajstić information content (AvgIpc) is 3.43. The second-order valence-corrected chi connectivity index (χ2v) is 8.63. The number of amides is 1. The molecule has 2 aliphatic rings. The van der Waals surface area contributed by atoms with Gasteiger partial charge in [-0.15, -0.1) is 0 Å². The number of hydrogen-bond donors (Lipinski definition) is 2. The highest BCUT2D eigenvalue weighted by atomic mass is 19.4. The maximum atomic E-state index is 12.7. The molecule has 5 rings (SSSR count). The lowest BCUT2D eigenvalue weighted by Crippen LogP contribution is -2.32. The number of ether oxygens (including phenoxy) is 1. The molecule has 1 amide bonds. The molecule has 0 bridgehead atoms. The molecule has 1 heterocycles. The highest BCUT2D eigenvalue weighted by Crippen LogP contribution is 2.41. The molecule has 3 aromatic rings. The number of nitrogens with one attached hydrogen (secondary N) is 2. The van der Waals surface area contributed by atoms with Gasteiger partial charge in [-0.1, -0.05) is 12.1 Å². The van der Waals surface area contributed by atoms with Crippen LogP contribution in [0.3, 0.4) is 0 Å². The summed E-state index contributed by atoms with van der Waals surface area (Å²) in [5.74, 6) is 1.50. The maximum Gasteiger partial charge on any atom is 0.416 e. The predicted molar refractivity (Wildman–Crippen MR) is 112 cm³/mol. The van der Waals surface area contributed by atoms with Crippen LogP contribution in [0.4, 0.5) is 18.9 Å². The van der Waals surface area contributed by atoms with Crippen LogP contribution in [0.1, 0.15) is 49.1 Å². The van der Waals surface area contributed by atoms with E-state index in [1.165, 1.54) is 0 Å². The molecule has 0 radical (unpaired) electrons. The monoisotopic (exact) mass is 428 g/mol. The van der Waals surface area contributed by atoms with E-state index in [0.29, 0.717) is 12.3 Å². The molecular formula is C24H23F3N2O2. The molecular weight excluding hydrogens is 405 g/mol. The Morgan fingerprint density at radius 3 is 2.52 bits per heavy atom. The van der Waals surface area contributed by atoms with E-state index in [4.69, 9.17) is 4.74 Å². The number of carbonyl (C=O) groups is 1. The van der Waals surface area contributed by atoms with Gasteiger partial charge in [0.2, 0.25) is 5.91 Å². The Balaban J connectivity index is 1.20. The molecule has 2 aliphatic carbocycles. The maximum absolute atomic E-state index is 12.7. The first kappa shape index (κ1) is 20.0. The van der Waals surface area contributed by atoms with Gasteiger partial charge in [0.05, 0.1) is 17.4 Å². The van der Waals surface area contributed by atoms with Crippen molar-refractivity contribution >= 4 is 22.5 Å². The van der Waals surface area contributed by atoms with E-state index in [2.05, 4.69) is 10.3 Å². The summed E-state index contributed by atoms with van der Waals surface area (Å²) in [6, 6.07) is 11.1. The lowest BCUT2D eigenvalue weighted by Gasteiger charge is -2.35. The van der Waals surface area contributed by atoms with Crippen molar-refractivity contribution in [1.82, 2.24) is 4.98 Å². The molecule has 0 atom stereocenters. The van der Waals surface area contributed by atoms with Gasteiger partial charge in [0.1, 0.15) is 5.75 Å². The molecule has 2 aromatic carbocycles. The Morgan fingerprint density at radius 2 is 1.84 bits per heavy atom. The fourth-order valence-electron chi connectivity index (χ4n) is 4.13. The third kappa shape index (κ3) is 4.40. The number of alkyl halides is 3. The minimum Gasteiger partial charge on any atom is -0.490 e. The number of fused-ring (bicyclic) bond motifs is 1. The van der Waals surface area contributed by atoms with E-state index in [9.17, 15) is 18.0 Å². The number of halogens is 3. The van der Waals surface area contributed by atoms with Gasteiger partial charge in [0.15, 0.2) is 0 Å². The predicted octanol–water partition coefficient (Wildman–Crippen LogP) is 6.25. The number of rotatable bonds is 6. The average molecular weight is 428 g/mol. The number of H-pyrrole nitrogens is 1. The van der Waals surface area contributed by atoms with E-state index in [-0.39, 0.29) is 17.9 Å². The molecule has 2 saturated carbocycles. The molecule has 0 spiro atoms. The van der Waals surface area contributed by atoms with Crippen molar-refractivity contribution in [1.29, 1.82) is 0 Å². The fourth-order valence-corrected chi connectivity index (χ4v) is 4.13. The van der Waals surface area contributed by atoms with E-state index < -0.39 is 11.7 Å². The molecule has 1 aromatic heterocycles. The number of anilines is 1. The minimum absolute atomic E-state index is 0.0246. The largest absolute Gasteiger partial charge is 0.490 e. The number of carbonyl (C=O) groups excluding carboxylic acids is 1. The van der Waals surface area contributed by atoms with Crippen LogP contribution in [0, 0.1) is 5.92 Å². The SMILES string of the molecule is O=C(CC1CC1)Nc1c[nH]c2ccc(OC3CC(c4ccc(C(F)(F)F)cc4)C3)cc12. The van der Waals surface area contributed by atoms with Crippen LogP contribution in [-0.4, -0.2) is 17.0 Å². The van der Waals surface area contributed by atoms with Crippen LogP contribution >= 0.6 is 0 Å². The van der Waals surface area contributed by atoms with Crippen LogP contribution in [0.2, 0.25) is 0 Å².